The number of ether oxygens (including phenoxy) is 2. The van der Waals surface area contributed by atoms with E-state index in [0.29, 0.717) is 6.54 Å². The van der Waals surface area contributed by atoms with Crippen molar-refractivity contribution in [2.75, 3.05) is 19.4 Å². The molecule has 186 valence electrons. The van der Waals surface area contributed by atoms with E-state index in [0.717, 1.165) is 39.6 Å². The van der Waals surface area contributed by atoms with Crippen LogP contribution < -0.4 is 14.8 Å². The average molecular weight is 509 g/mol. The summed E-state index contributed by atoms with van der Waals surface area (Å²) in [4.78, 5) is 18.3. The van der Waals surface area contributed by atoms with E-state index in [1.807, 2.05) is 60.7 Å². The fraction of sp³-hybridized carbons (Fsp3) is 0.194. The molecule has 3 atom stereocenters. The number of hydrogen-bond acceptors (Lipinski definition) is 4. The van der Waals surface area contributed by atoms with Crippen LogP contribution >= 0.6 is 11.8 Å². The van der Waals surface area contributed by atoms with E-state index in [-0.39, 0.29) is 23.8 Å². The zero-order valence-electron chi connectivity index (χ0n) is 20.5. The van der Waals surface area contributed by atoms with Gasteiger partial charge in [-0.15, -0.1) is 11.8 Å². The molecule has 1 amide bonds. The first-order valence-electron chi connectivity index (χ1n) is 12.5. The maximum absolute atomic E-state index is 13.5. The van der Waals surface area contributed by atoms with Gasteiger partial charge in [0.25, 0.3) is 0 Å². The minimum atomic E-state index is -0.274. The van der Waals surface area contributed by atoms with Gasteiger partial charge in [0.1, 0.15) is 17.6 Å². The molecule has 37 heavy (non-hydrogen) atoms. The number of thioether (sulfide) groups is 1. The number of amides is 1. The van der Waals surface area contributed by atoms with Gasteiger partial charge in [-0.25, -0.2) is 0 Å². The SMILES string of the molecule is COc1ccc(-c2[nH]c3ccccc3c2SCCNC(=O)[C@@H]2c3ccccc3O[C@H]3C=CC=C[C@H]32)cc1. The molecule has 1 aromatic heterocycles. The number of rotatable bonds is 7. The average Bonchev–Trinajstić information content (AvgIpc) is 3.32. The standard InChI is InChI=1S/C31H28N2O3S/c1-35-21-16-14-20(15-17-21)29-30(22-8-2-5-11-25(22)33-29)37-19-18-32-31(34)28-23-9-3-6-12-26(23)36-27-13-7-4-10-24(27)28/h2-17,23,26,28,33H,18-19H2,1H3,(H,32,34)/t23-,26+,28+/m1/s1. The molecule has 6 heteroatoms. The molecule has 6 rings (SSSR count). The highest BCUT2D eigenvalue weighted by atomic mass is 32.2. The molecule has 0 spiro atoms. The first-order chi connectivity index (χ1) is 18.2. The number of methoxy groups -OCH3 is 1. The van der Waals surface area contributed by atoms with Gasteiger partial charge in [-0.05, 0) is 48.0 Å². The molecule has 5 nitrogen and oxygen atoms in total. The third kappa shape index (κ3) is 4.53. The van der Waals surface area contributed by atoms with Gasteiger partial charge in [0.15, 0.2) is 0 Å². The minimum Gasteiger partial charge on any atom is -0.497 e. The molecule has 0 unspecified atom stereocenters. The van der Waals surface area contributed by atoms with E-state index >= 15 is 0 Å². The fourth-order valence-electron chi connectivity index (χ4n) is 5.20. The summed E-state index contributed by atoms with van der Waals surface area (Å²) in [6.45, 7) is 0.571. The number of carbonyl (C=O) groups excluding carboxylic acids is 1. The predicted molar refractivity (Wildman–Crippen MR) is 149 cm³/mol. The maximum Gasteiger partial charge on any atom is 0.228 e. The minimum absolute atomic E-state index is 0.0113. The lowest BCUT2D eigenvalue weighted by Crippen LogP contribution is -2.42. The Morgan fingerprint density at radius 2 is 1.78 bits per heavy atom. The molecule has 2 N–H and O–H groups in total. The second kappa shape index (κ2) is 10.2. The Bertz CT molecular complexity index is 1490. The fourth-order valence-corrected chi connectivity index (χ4v) is 6.26. The van der Waals surface area contributed by atoms with Crippen molar-refractivity contribution in [1.29, 1.82) is 0 Å². The molecule has 0 saturated carbocycles. The highest BCUT2D eigenvalue weighted by Crippen LogP contribution is 2.42. The molecule has 2 heterocycles. The quantitative estimate of drug-likeness (QED) is 0.226. The lowest BCUT2D eigenvalue weighted by Gasteiger charge is -2.37. The first kappa shape index (κ1) is 23.5. The summed E-state index contributed by atoms with van der Waals surface area (Å²) in [5, 5.41) is 4.40. The summed E-state index contributed by atoms with van der Waals surface area (Å²) in [6, 6.07) is 24.3. The highest BCUT2D eigenvalue weighted by Gasteiger charge is 2.40. The predicted octanol–water partition coefficient (Wildman–Crippen LogP) is 6.34. The van der Waals surface area contributed by atoms with Crippen molar-refractivity contribution >= 4 is 28.6 Å². The van der Waals surface area contributed by atoms with Crippen LogP contribution in [0.4, 0.5) is 0 Å². The van der Waals surface area contributed by atoms with E-state index in [4.69, 9.17) is 9.47 Å². The molecule has 3 aromatic carbocycles. The number of nitrogens with one attached hydrogen (secondary N) is 2. The Balaban J connectivity index is 1.18. The smallest absolute Gasteiger partial charge is 0.228 e. The van der Waals surface area contributed by atoms with Crippen LogP contribution in [0.2, 0.25) is 0 Å². The number of aromatic amines is 1. The van der Waals surface area contributed by atoms with Crippen molar-refractivity contribution in [3.63, 3.8) is 0 Å². The highest BCUT2D eigenvalue weighted by molar-refractivity contribution is 7.99. The number of carbonyl (C=O) groups is 1. The lowest BCUT2D eigenvalue weighted by molar-refractivity contribution is -0.124. The van der Waals surface area contributed by atoms with Gasteiger partial charge in [-0.1, -0.05) is 54.6 Å². The monoisotopic (exact) mass is 508 g/mol. The van der Waals surface area contributed by atoms with Crippen molar-refractivity contribution in [2.45, 2.75) is 16.9 Å². The Kier molecular flexibility index (Phi) is 6.49. The van der Waals surface area contributed by atoms with Gasteiger partial charge in [-0.2, -0.15) is 0 Å². The van der Waals surface area contributed by atoms with Crippen LogP contribution in [0.25, 0.3) is 22.2 Å². The van der Waals surface area contributed by atoms with Crippen LogP contribution in [-0.2, 0) is 4.79 Å². The molecular formula is C31H28N2O3S. The summed E-state index contributed by atoms with van der Waals surface area (Å²) in [5.74, 6) is 2.14. The van der Waals surface area contributed by atoms with Crippen LogP contribution in [-0.4, -0.2) is 36.4 Å². The molecular weight excluding hydrogens is 480 g/mol. The number of fused-ring (bicyclic) bond motifs is 3. The summed E-state index contributed by atoms with van der Waals surface area (Å²) >= 11 is 1.76. The van der Waals surface area contributed by atoms with Crippen LogP contribution in [0, 0.1) is 5.92 Å². The van der Waals surface area contributed by atoms with Crippen molar-refractivity contribution < 1.29 is 14.3 Å². The van der Waals surface area contributed by atoms with Crippen LogP contribution in [0.5, 0.6) is 11.5 Å². The zero-order chi connectivity index (χ0) is 25.2. The summed E-state index contributed by atoms with van der Waals surface area (Å²) in [6.07, 6.45) is 8.00. The molecule has 4 aromatic rings. The van der Waals surface area contributed by atoms with Crippen LogP contribution in [0.1, 0.15) is 11.5 Å². The molecule has 0 saturated heterocycles. The largest absolute Gasteiger partial charge is 0.497 e. The van der Waals surface area contributed by atoms with E-state index in [1.165, 1.54) is 10.3 Å². The molecule has 1 aliphatic carbocycles. The Labute approximate surface area is 220 Å². The molecule has 0 bridgehead atoms. The topological polar surface area (TPSA) is 63.3 Å². The van der Waals surface area contributed by atoms with Crippen LogP contribution in [0.15, 0.2) is 102 Å². The number of allylic oxidation sites excluding steroid dienone is 2. The summed E-state index contributed by atoms with van der Waals surface area (Å²) < 4.78 is 11.5. The van der Waals surface area contributed by atoms with Gasteiger partial charge in [0.05, 0.1) is 18.7 Å². The van der Waals surface area contributed by atoms with Crippen molar-refractivity contribution in [2.24, 2.45) is 5.92 Å². The molecule has 1 aliphatic heterocycles. The Morgan fingerprint density at radius 3 is 2.65 bits per heavy atom. The number of aromatic nitrogens is 1. The van der Waals surface area contributed by atoms with E-state index in [1.54, 1.807) is 18.9 Å². The number of benzene rings is 3. The normalized spacial score (nSPS) is 19.6. The van der Waals surface area contributed by atoms with Gasteiger partial charge in [0, 0.05) is 39.6 Å². The Morgan fingerprint density at radius 1 is 1.00 bits per heavy atom. The summed E-state index contributed by atoms with van der Waals surface area (Å²) in [5.41, 5.74) is 4.24. The number of para-hydroxylation sites is 2. The molecule has 0 radical (unpaired) electrons. The van der Waals surface area contributed by atoms with Crippen LogP contribution in [0.3, 0.4) is 0 Å². The van der Waals surface area contributed by atoms with Gasteiger partial charge < -0.3 is 19.8 Å². The van der Waals surface area contributed by atoms with E-state index < -0.39 is 0 Å². The zero-order valence-corrected chi connectivity index (χ0v) is 21.3. The maximum atomic E-state index is 13.5. The van der Waals surface area contributed by atoms with Gasteiger partial charge >= 0.3 is 0 Å². The van der Waals surface area contributed by atoms with Crippen molar-refractivity contribution in [3.05, 3.63) is 103 Å². The first-order valence-corrected chi connectivity index (χ1v) is 13.5. The van der Waals surface area contributed by atoms with E-state index in [9.17, 15) is 4.79 Å². The van der Waals surface area contributed by atoms with Gasteiger partial charge in [0.2, 0.25) is 5.91 Å². The number of H-pyrrole nitrogens is 1. The molecule has 0 fully saturated rings. The third-order valence-corrected chi connectivity index (χ3v) is 8.11. The lowest BCUT2D eigenvalue weighted by atomic mass is 9.77. The third-order valence-electron chi connectivity index (χ3n) is 6.99. The summed E-state index contributed by atoms with van der Waals surface area (Å²) in [7, 11) is 1.67. The second-order valence-corrected chi connectivity index (χ2v) is 10.3. The van der Waals surface area contributed by atoms with E-state index in [2.05, 4.69) is 46.7 Å². The molecule has 2 aliphatic rings. The second-order valence-electron chi connectivity index (χ2n) is 9.19. The number of hydrogen-bond donors (Lipinski definition) is 2. The Hall–Kier alpha value is -3.90. The van der Waals surface area contributed by atoms with Crippen molar-refractivity contribution in [3.8, 4) is 22.8 Å². The van der Waals surface area contributed by atoms with Crippen molar-refractivity contribution in [1.82, 2.24) is 10.3 Å². The van der Waals surface area contributed by atoms with Gasteiger partial charge in [-0.3, -0.25) is 4.79 Å².